The molecule has 0 radical (unpaired) electrons. The number of ether oxygens (including phenoxy) is 2. The third-order valence-electron chi connectivity index (χ3n) is 5.53. The number of nitrogens with zero attached hydrogens (tertiary/aromatic N) is 3. The minimum atomic E-state index is -0.486. The number of pyridine rings is 2. The van der Waals surface area contributed by atoms with Crippen molar-refractivity contribution in [3.63, 3.8) is 0 Å². The van der Waals surface area contributed by atoms with Crippen molar-refractivity contribution in [1.29, 1.82) is 0 Å². The van der Waals surface area contributed by atoms with Crippen LogP contribution in [0.15, 0.2) is 54.9 Å². The van der Waals surface area contributed by atoms with Gasteiger partial charge in [0.25, 0.3) is 5.91 Å². The van der Waals surface area contributed by atoms with E-state index in [1.807, 2.05) is 41.3 Å². The molecule has 0 unspecified atom stereocenters. The number of fused-ring (bicyclic) bond motifs is 1. The topological polar surface area (TPSA) is 64.6 Å². The molecule has 0 N–H and O–H groups in total. The number of amides is 1. The number of aromatic nitrogens is 2. The van der Waals surface area contributed by atoms with Gasteiger partial charge in [0.15, 0.2) is 5.79 Å². The molecule has 5 rings (SSSR count). The van der Waals surface area contributed by atoms with Crippen molar-refractivity contribution in [3.05, 3.63) is 60.6 Å². The molecule has 0 saturated carbocycles. The number of hydrogen-bond acceptors (Lipinski definition) is 5. The molecule has 0 aliphatic carbocycles. The molecule has 0 bridgehead atoms. The van der Waals surface area contributed by atoms with Crippen molar-refractivity contribution in [2.75, 3.05) is 26.3 Å². The number of hydrogen-bond donors (Lipinski definition) is 0. The first-order valence-corrected chi connectivity index (χ1v) is 9.62. The third kappa shape index (κ3) is 3.04. The number of likely N-dealkylation sites (tertiary alicyclic amines) is 1. The summed E-state index contributed by atoms with van der Waals surface area (Å²) < 4.78 is 11.5. The van der Waals surface area contributed by atoms with Crippen LogP contribution in [0.1, 0.15) is 23.3 Å². The largest absolute Gasteiger partial charge is 0.347 e. The summed E-state index contributed by atoms with van der Waals surface area (Å²) in [7, 11) is 0. The molecule has 4 heterocycles. The first-order valence-electron chi connectivity index (χ1n) is 9.62. The van der Waals surface area contributed by atoms with Crippen LogP contribution < -0.4 is 0 Å². The van der Waals surface area contributed by atoms with E-state index in [2.05, 4.69) is 4.98 Å². The predicted molar refractivity (Wildman–Crippen MR) is 105 cm³/mol. The molecule has 1 amide bonds. The molecule has 2 aromatic heterocycles. The van der Waals surface area contributed by atoms with Gasteiger partial charge in [0, 0.05) is 49.3 Å². The fourth-order valence-corrected chi connectivity index (χ4v) is 3.99. The first kappa shape index (κ1) is 17.3. The lowest BCUT2D eigenvalue weighted by atomic mass is 10.0. The Morgan fingerprint density at radius 1 is 0.964 bits per heavy atom. The smallest absolute Gasteiger partial charge is 0.272 e. The Balaban J connectivity index is 1.44. The zero-order chi connectivity index (χ0) is 19.0. The second-order valence-electron chi connectivity index (χ2n) is 7.22. The fourth-order valence-electron chi connectivity index (χ4n) is 3.99. The molecule has 6 heteroatoms. The standard InChI is InChI=1S/C22H21N3O3/c26-21(25-10-8-22(9-11-25)27-12-13-28-22)19-7-6-17-14-23-15-18(20(17)24-19)16-4-2-1-3-5-16/h1-7,14-15H,8-13H2. The summed E-state index contributed by atoms with van der Waals surface area (Å²) in [6.45, 7) is 2.49. The maximum atomic E-state index is 13.1. The van der Waals surface area contributed by atoms with Crippen molar-refractivity contribution in [3.8, 4) is 11.1 Å². The van der Waals surface area contributed by atoms with Crippen molar-refractivity contribution < 1.29 is 14.3 Å². The maximum absolute atomic E-state index is 13.1. The molecule has 2 saturated heterocycles. The minimum Gasteiger partial charge on any atom is -0.347 e. The number of benzene rings is 1. The lowest BCUT2D eigenvalue weighted by Gasteiger charge is -2.37. The molecule has 2 aliphatic rings. The summed E-state index contributed by atoms with van der Waals surface area (Å²) >= 11 is 0. The number of carbonyl (C=O) groups is 1. The summed E-state index contributed by atoms with van der Waals surface area (Å²) in [5.41, 5.74) is 3.22. The Morgan fingerprint density at radius 3 is 2.46 bits per heavy atom. The SMILES string of the molecule is O=C(c1ccc2cncc(-c3ccccc3)c2n1)N1CCC2(CC1)OCCO2. The van der Waals surface area contributed by atoms with E-state index < -0.39 is 5.79 Å². The summed E-state index contributed by atoms with van der Waals surface area (Å²) in [6.07, 6.45) is 4.98. The van der Waals surface area contributed by atoms with Gasteiger partial charge >= 0.3 is 0 Å². The Kier molecular flexibility index (Phi) is 4.30. The van der Waals surface area contributed by atoms with E-state index in [9.17, 15) is 4.79 Å². The van der Waals surface area contributed by atoms with Crippen LogP contribution in [0.3, 0.4) is 0 Å². The molecule has 142 valence electrons. The van der Waals surface area contributed by atoms with E-state index in [4.69, 9.17) is 14.5 Å². The van der Waals surface area contributed by atoms with Crippen molar-refractivity contribution in [1.82, 2.24) is 14.9 Å². The van der Waals surface area contributed by atoms with Crippen LogP contribution in [0.5, 0.6) is 0 Å². The first-order chi connectivity index (χ1) is 13.7. The van der Waals surface area contributed by atoms with Gasteiger partial charge in [-0.15, -0.1) is 0 Å². The van der Waals surface area contributed by atoms with Crippen LogP contribution in [0.4, 0.5) is 0 Å². The highest BCUT2D eigenvalue weighted by Gasteiger charge is 2.41. The van der Waals surface area contributed by atoms with Crippen molar-refractivity contribution >= 4 is 16.8 Å². The van der Waals surface area contributed by atoms with Crippen LogP contribution in [0.2, 0.25) is 0 Å². The van der Waals surface area contributed by atoms with Crippen molar-refractivity contribution in [2.24, 2.45) is 0 Å². The van der Waals surface area contributed by atoms with Crippen LogP contribution in [-0.4, -0.2) is 52.9 Å². The number of carbonyl (C=O) groups excluding carboxylic acids is 1. The molecule has 28 heavy (non-hydrogen) atoms. The van der Waals surface area contributed by atoms with E-state index in [0.29, 0.717) is 44.8 Å². The van der Waals surface area contributed by atoms with E-state index in [0.717, 1.165) is 22.0 Å². The van der Waals surface area contributed by atoms with Crippen molar-refractivity contribution in [2.45, 2.75) is 18.6 Å². The van der Waals surface area contributed by atoms with Gasteiger partial charge in [-0.05, 0) is 17.7 Å². The Hall–Kier alpha value is -2.83. The highest BCUT2D eigenvalue weighted by molar-refractivity contribution is 5.98. The summed E-state index contributed by atoms with van der Waals surface area (Å²) in [4.78, 5) is 24.0. The van der Waals surface area contributed by atoms with Gasteiger partial charge in [-0.1, -0.05) is 30.3 Å². The summed E-state index contributed by atoms with van der Waals surface area (Å²) in [5.74, 6) is -0.537. The monoisotopic (exact) mass is 375 g/mol. The van der Waals surface area contributed by atoms with Crippen LogP contribution in [-0.2, 0) is 9.47 Å². The summed E-state index contributed by atoms with van der Waals surface area (Å²) in [6, 6.07) is 13.7. The minimum absolute atomic E-state index is 0.0504. The number of rotatable bonds is 2. The van der Waals surface area contributed by atoms with Crippen LogP contribution >= 0.6 is 0 Å². The molecule has 0 atom stereocenters. The third-order valence-corrected chi connectivity index (χ3v) is 5.53. The average molecular weight is 375 g/mol. The molecule has 2 aliphatic heterocycles. The zero-order valence-electron chi connectivity index (χ0n) is 15.5. The van der Waals surface area contributed by atoms with Gasteiger partial charge in [-0.25, -0.2) is 4.98 Å². The highest BCUT2D eigenvalue weighted by Crippen LogP contribution is 2.32. The summed E-state index contributed by atoms with van der Waals surface area (Å²) in [5, 5.41) is 0.920. The van der Waals surface area contributed by atoms with E-state index in [1.165, 1.54) is 0 Å². The normalized spacial score (nSPS) is 18.6. The lowest BCUT2D eigenvalue weighted by Crippen LogP contribution is -2.47. The molecule has 6 nitrogen and oxygen atoms in total. The molecular weight excluding hydrogens is 354 g/mol. The Labute approximate surface area is 163 Å². The average Bonchev–Trinajstić information content (AvgIpc) is 3.21. The number of piperidine rings is 1. The molecule has 1 spiro atoms. The Morgan fingerprint density at radius 2 is 1.71 bits per heavy atom. The van der Waals surface area contributed by atoms with Gasteiger partial charge in [0.1, 0.15) is 5.69 Å². The van der Waals surface area contributed by atoms with E-state index >= 15 is 0 Å². The van der Waals surface area contributed by atoms with E-state index in [1.54, 1.807) is 18.5 Å². The van der Waals surface area contributed by atoms with Gasteiger partial charge in [0.2, 0.25) is 0 Å². The second-order valence-corrected chi connectivity index (χ2v) is 7.22. The van der Waals surface area contributed by atoms with Crippen LogP contribution in [0, 0.1) is 0 Å². The molecule has 1 aromatic carbocycles. The van der Waals surface area contributed by atoms with Gasteiger partial charge in [-0.3, -0.25) is 9.78 Å². The van der Waals surface area contributed by atoms with Crippen LogP contribution in [0.25, 0.3) is 22.0 Å². The quantitative estimate of drug-likeness (QED) is 0.688. The van der Waals surface area contributed by atoms with Gasteiger partial charge in [-0.2, -0.15) is 0 Å². The second kappa shape index (κ2) is 6.96. The highest BCUT2D eigenvalue weighted by atomic mass is 16.7. The van der Waals surface area contributed by atoms with Gasteiger partial charge < -0.3 is 14.4 Å². The van der Waals surface area contributed by atoms with Gasteiger partial charge in [0.05, 0.1) is 18.7 Å². The van der Waals surface area contributed by atoms with E-state index in [-0.39, 0.29) is 5.91 Å². The Bertz CT molecular complexity index is 1010. The molecular formula is C22H21N3O3. The molecule has 2 fully saturated rings. The molecule has 3 aromatic rings. The lowest BCUT2D eigenvalue weighted by molar-refractivity contribution is -0.181. The maximum Gasteiger partial charge on any atom is 0.272 e. The zero-order valence-corrected chi connectivity index (χ0v) is 15.5. The fraction of sp³-hybridized carbons (Fsp3) is 0.318. The predicted octanol–water partition coefficient (Wildman–Crippen LogP) is 3.28.